The number of ketones is 2. The fraction of sp³-hybridized carbons (Fsp3) is 0.458. The highest BCUT2D eigenvalue weighted by Gasteiger charge is 2.64. The van der Waals surface area contributed by atoms with E-state index in [9.17, 15) is 34.8 Å². The summed E-state index contributed by atoms with van der Waals surface area (Å²) in [5.74, 6) is -6.61. The largest absolute Gasteiger partial charge is 0.508 e. The first-order valence-corrected chi connectivity index (χ1v) is 11.1. The van der Waals surface area contributed by atoms with Crippen LogP contribution in [-0.4, -0.2) is 87.8 Å². The third-order valence-electron chi connectivity index (χ3n) is 7.38. The Balaban J connectivity index is 1.91. The minimum atomic E-state index is -2.64. The fourth-order valence-corrected chi connectivity index (χ4v) is 5.69. The van der Waals surface area contributed by atoms with Gasteiger partial charge in [0.15, 0.2) is 11.4 Å². The van der Waals surface area contributed by atoms with Crippen LogP contribution in [0.1, 0.15) is 23.1 Å². The number of carbonyl (C=O) groups is 3. The maximum atomic E-state index is 13.8. The summed E-state index contributed by atoms with van der Waals surface area (Å²) in [4.78, 5) is 45.4. The van der Waals surface area contributed by atoms with Crippen molar-refractivity contribution in [2.24, 2.45) is 17.6 Å². The summed E-state index contributed by atoms with van der Waals surface area (Å²) in [6.07, 6.45) is 0.309. The van der Waals surface area contributed by atoms with Crippen LogP contribution in [0.4, 0.5) is 0 Å². The van der Waals surface area contributed by atoms with Gasteiger partial charge in [0, 0.05) is 24.1 Å². The molecule has 0 saturated heterocycles. The number of hydrogen-bond donors (Lipinski definition) is 5. The minimum absolute atomic E-state index is 0.0562. The summed E-state index contributed by atoms with van der Waals surface area (Å²) in [5, 5.41) is 46.0. The fourth-order valence-electron chi connectivity index (χ4n) is 5.69. The SMILES string of the molecule is CON(C)Cc1ccc2c(c1O)C(O)=C1C(=O)[C@]3(O)C(O)=C(C(N)=O)C(=O)[C@@H](N(C)C)C3CC1C2. The highest BCUT2D eigenvalue weighted by Crippen LogP contribution is 2.52. The monoisotopic (exact) mass is 487 g/mol. The molecule has 3 aliphatic rings. The van der Waals surface area contributed by atoms with Gasteiger partial charge in [-0.1, -0.05) is 12.1 Å². The number of phenols is 1. The number of rotatable bonds is 5. The normalized spacial score (nSPS) is 28.4. The molecule has 0 heterocycles. The van der Waals surface area contributed by atoms with Crippen molar-refractivity contribution < 1.29 is 39.6 Å². The number of fused-ring (bicyclic) bond motifs is 3. The van der Waals surface area contributed by atoms with Crippen molar-refractivity contribution in [1.29, 1.82) is 0 Å². The molecular formula is C24H29N3O8. The van der Waals surface area contributed by atoms with Crippen LogP contribution in [-0.2, 0) is 32.2 Å². The number of primary amides is 1. The van der Waals surface area contributed by atoms with Gasteiger partial charge in [0.1, 0.15) is 22.8 Å². The van der Waals surface area contributed by atoms with Crippen LogP contribution in [0.3, 0.4) is 0 Å². The third-order valence-corrected chi connectivity index (χ3v) is 7.38. The lowest BCUT2D eigenvalue weighted by molar-refractivity contribution is -0.153. The zero-order valence-corrected chi connectivity index (χ0v) is 19.9. The average Bonchev–Trinajstić information content (AvgIpc) is 2.77. The topological polar surface area (TPSA) is 174 Å². The Morgan fingerprint density at radius 1 is 1.20 bits per heavy atom. The molecule has 0 spiro atoms. The summed E-state index contributed by atoms with van der Waals surface area (Å²) < 4.78 is 0. The second kappa shape index (κ2) is 8.45. The van der Waals surface area contributed by atoms with Crippen LogP contribution in [0, 0.1) is 11.8 Å². The Labute approximate surface area is 201 Å². The molecule has 4 atom stereocenters. The summed E-state index contributed by atoms with van der Waals surface area (Å²) in [6, 6.07) is 2.33. The van der Waals surface area contributed by atoms with E-state index in [-0.39, 0.29) is 36.3 Å². The van der Waals surface area contributed by atoms with Crippen molar-refractivity contribution in [2.45, 2.75) is 31.0 Å². The van der Waals surface area contributed by atoms with Crippen LogP contribution in [0.15, 0.2) is 29.0 Å². The van der Waals surface area contributed by atoms with Gasteiger partial charge in [-0.05, 0) is 38.4 Å². The zero-order chi connectivity index (χ0) is 26.0. The predicted molar refractivity (Wildman–Crippen MR) is 123 cm³/mol. The lowest BCUT2D eigenvalue weighted by Gasteiger charge is -2.50. The van der Waals surface area contributed by atoms with Crippen molar-refractivity contribution in [3.05, 3.63) is 45.7 Å². The number of hydrogen-bond acceptors (Lipinski definition) is 10. The Morgan fingerprint density at radius 2 is 1.86 bits per heavy atom. The van der Waals surface area contributed by atoms with Crippen LogP contribution >= 0.6 is 0 Å². The van der Waals surface area contributed by atoms with E-state index in [1.807, 2.05) is 0 Å². The van der Waals surface area contributed by atoms with Gasteiger partial charge in [0.25, 0.3) is 5.91 Å². The van der Waals surface area contributed by atoms with Gasteiger partial charge in [-0.25, -0.2) is 0 Å². The Hall–Kier alpha value is -3.25. The highest BCUT2D eigenvalue weighted by molar-refractivity contribution is 6.24. The van der Waals surface area contributed by atoms with E-state index >= 15 is 0 Å². The molecule has 2 unspecified atom stereocenters. The van der Waals surface area contributed by atoms with Gasteiger partial charge in [0.2, 0.25) is 5.78 Å². The first-order valence-electron chi connectivity index (χ1n) is 11.1. The molecule has 11 heteroatoms. The van der Waals surface area contributed by atoms with E-state index in [0.717, 1.165) is 0 Å². The van der Waals surface area contributed by atoms with E-state index < -0.39 is 58.0 Å². The molecule has 0 radical (unpaired) electrons. The number of nitrogens with two attached hydrogens (primary N) is 1. The zero-order valence-electron chi connectivity index (χ0n) is 19.9. The molecule has 1 fully saturated rings. The standard InChI is InChI=1S/C24H29N3O8/c1-26(2)17-13-8-12-7-10-5-6-11(9-27(3)35-4)18(28)14(10)19(29)15(12)21(31)24(13,34)22(32)16(20(17)30)23(25)33/h5-6,12-13,17,28-29,32,34H,7-9H2,1-4H3,(H2,25,33)/t12?,13?,17-,24-/m0/s1. The average molecular weight is 488 g/mol. The van der Waals surface area contributed by atoms with E-state index in [4.69, 9.17) is 10.6 Å². The Kier molecular flexibility index (Phi) is 6.00. The van der Waals surface area contributed by atoms with Crippen LogP contribution < -0.4 is 5.73 Å². The van der Waals surface area contributed by atoms with Crippen molar-refractivity contribution in [2.75, 3.05) is 28.3 Å². The van der Waals surface area contributed by atoms with Crippen LogP contribution in [0.5, 0.6) is 5.75 Å². The maximum absolute atomic E-state index is 13.8. The van der Waals surface area contributed by atoms with Gasteiger partial charge < -0.3 is 31.0 Å². The molecule has 1 amide bonds. The molecule has 35 heavy (non-hydrogen) atoms. The summed E-state index contributed by atoms with van der Waals surface area (Å²) in [5.41, 5.74) is 2.76. The van der Waals surface area contributed by atoms with E-state index in [1.165, 1.54) is 17.1 Å². The van der Waals surface area contributed by atoms with Gasteiger partial charge in [-0.3, -0.25) is 19.3 Å². The number of hydroxylamine groups is 2. The first-order chi connectivity index (χ1) is 16.4. The second-order valence-electron chi connectivity index (χ2n) is 9.54. The molecule has 6 N–H and O–H groups in total. The van der Waals surface area contributed by atoms with Gasteiger partial charge in [0.05, 0.1) is 25.3 Å². The molecule has 11 nitrogen and oxygen atoms in total. The number of aliphatic hydroxyl groups excluding tert-OH is 2. The molecule has 1 aromatic rings. The number of carbonyl (C=O) groups excluding carboxylic acids is 3. The van der Waals surface area contributed by atoms with Crippen LogP contribution in [0.2, 0.25) is 0 Å². The second-order valence-corrected chi connectivity index (χ2v) is 9.54. The number of aliphatic hydroxyl groups is 3. The van der Waals surface area contributed by atoms with Crippen molar-refractivity contribution in [3.63, 3.8) is 0 Å². The molecule has 0 bridgehead atoms. The molecule has 188 valence electrons. The van der Waals surface area contributed by atoms with Crippen molar-refractivity contribution in [3.8, 4) is 5.75 Å². The first kappa shape index (κ1) is 24.9. The molecule has 3 aliphatic carbocycles. The smallest absolute Gasteiger partial charge is 0.255 e. The number of Topliss-reactive ketones (excluding diaryl/α,β-unsaturated/α-hetero) is 2. The van der Waals surface area contributed by atoms with Gasteiger partial charge in [-0.2, -0.15) is 5.06 Å². The lowest BCUT2D eigenvalue weighted by Crippen LogP contribution is -2.65. The van der Waals surface area contributed by atoms with E-state index in [2.05, 4.69) is 0 Å². The molecule has 0 aromatic heterocycles. The summed E-state index contributed by atoms with van der Waals surface area (Å²) >= 11 is 0. The lowest BCUT2D eigenvalue weighted by atomic mass is 9.57. The number of amides is 1. The van der Waals surface area contributed by atoms with Gasteiger partial charge >= 0.3 is 0 Å². The molecule has 4 rings (SSSR count). The maximum Gasteiger partial charge on any atom is 0.255 e. The molecule has 0 aliphatic heterocycles. The molecule has 1 aromatic carbocycles. The third kappa shape index (κ3) is 3.46. The molecule has 1 saturated carbocycles. The van der Waals surface area contributed by atoms with Crippen molar-refractivity contribution in [1.82, 2.24) is 9.96 Å². The van der Waals surface area contributed by atoms with E-state index in [1.54, 1.807) is 33.3 Å². The Morgan fingerprint density at radius 3 is 2.43 bits per heavy atom. The van der Waals surface area contributed by atoms with Crippen LogP contribution in [0.25, 0.3) is 5.76 Å². The number of nitrogens with zero attached hydrogens (tertiary/aromatic N) is 2. The summed E-state index contributed by atoms with van der Waals surface area (Å²) in [6.45, 7) is 0.194. The number of phenolic OH excluding ortho intramolecular Hbond substituents is 1. The highest BCUT2D eigenvalue weighted by atomic mass is 16.7. The number of likely N-dealkylation sites (N-methyl/N-ethyl adjacent to an activating group) is 1. The quantitative estimate of drug-likeness (QED) is 0.280. The van der Waals surface area contributed by atoms with Crippen molar-refractivity contribution >= 4 is 23.2 Å². The van der Waals surface area contributed by atoms with E-state index in [0.29, 0.717) is 11.1 Å². The minimum Gasteiger partial charge on any atom is -0.508 e. The Bertz CT molecular complexity index is 1200. The summed E-state index contributed by atoms with van der Waals surface area (Å²) in [7, 11) is 6.24. The number of benzene rings is 1. The number of aromatic hydroxyl groups is 1. The predicted octanol–water partition coefficient (Wildman–Crippen LogP) is -0.0428. The molecular weight excluding hydrogens is 458 g/mol. The van der Waals surface area contributed by atoms with Gasteiger partial charge in [-0.15, -0.1) is 0 Å².